The summed E-state index contributed by atoms with van der Waals surface area (Å²) in [5.41, 5.74) is 3.35. The van der Waals surface area contributed by atoms with Crippen molar-refractivity contribution in [2.75, 3.05) is 38.2 Å². The third-order valence-electron chi connectivity index (χ3n) is 7.60. The second kappa shape index (κ2) is 12.3. The SMILES string of the molecule is O=C(O)[C@@H](c1cc(F)cnc1[C@H]1CCCCO1)N1CC[C@@H](OCCCCc2ccc3c(n2)NCCC3)C1. The molecule has 9 heteroatoms. The number of unbranched alkanes of at least 4 members (excludes halogenated alkanes) is 1. The fourth-order valence-corrected chi connectivity index (χ4v) is 5.69. The molecule has 2 aromatic heterocycles. The van der Waals surface area contributed by atoms with Crippen molar-refractivity contribution in [1.82, 2.24) is 14.9 Å². The molecule has 0 aliphatic carbocycles. The van der Waals surface area contributed by atoms with Gasteiger partial charge in [0.25, 0.3) is 0 Å². The largest absolute Gasteiger partial charge is 0.480 e. The number of hydrogen-bond donors (Lipinski definition) is 2. The number of aliphatic carboxylic acids is 1. The molecular formula is C28H37FN4O4. The number of likely N-dealkylation sites (tertiary alicyclic amines) is 1. The fraction of sp³-hybridized carbons (Fsp3) is 0.607. The standard InChI is InChI=1S/C28H37FN4O4/c29-20-16-23(25(31-17-20)24-8-2-4-15-37-24)26(28(34)35)33-13-11-22(18-33)36-14-3-1-7-21-10-9-19-6-5-12-30-27(19)32-21/h9-10,16-17,22,24,26H,1-8,11-15,18H2,(H,30,32)(H,34,35)/t22-,24-,26-/m1/s1. The van der Waals surface area contributed by atoms with Crippen molar-refractivity contribution < 1.29 is 23.8 Å². The lowest BCUT2D eigenvalue weighted by Gasteiger charge is -2.29. The number of carboxylic acids is 1. The quantitative estimate of drug-likeness (QED) is 0.451. The molecule has 3 aliphatic rings. The lowest BCUT2D eigenvalue weighted by molar-refractivity contribution is -0.143. The van der Waals surface area contributed by atoms with E-state index in [1.807, 2.05) is 4.90 Å². The number of hydrogen-bond acceptors (Lipinski definition) is 7. The van der Waals surface area contributed by atoms with Gasteiger partial charge in [0, 0.05) is 44.1 Å². The number of carboxylic acid groups (broad SMARTS) is 1. The molecule has 2 fully saturated rings. The number of nitrogens with one attached hydrogen (secondary N) is 1. The second-order valence-electron chi connectivity index (χ2n) is 10.3. The molecule has 0 aromatic carbocycles. The molecule has 37 heavy (non-hydrogen) atoms. The highest BCUT2D eigenvalue weighted by Crippen LogP contribution is 2.35. The molecule has 8 nitrogen and oxygen atoms in total. The second-order valence-corrected chi connectivity index (χ2v) is 10.3. The van der Waals surface area contributed by atoms with Crippen LogP contribution in [-0.2, 0) is 27.1 Å². The van der Waals surface area contributed by atoms with E-state index in [-0.39, 0.29) is 12.2 Å². The number of aryl methyl sites for hydroxylation is 2. The summed E-state index contributed by atoms with van der Waals surface area (Å²) in [5, 5.41) is 13.5. The van der Waals surface area contributed by atoms with Gasteiger partial charge in [-0.25, -0.2) is 9.37 Å². The summed E-state index contributed by atoms with van der Waals surface area (Å²) in [4.78, 5) is 23.3. The number of fused-ring (bicyclic) bond motifs is 1. The van der Waals surface area contributed by atoms with Crippen LogP contribution in [0.5, 0.6) is 0 Å². The van der Waals surface area contributed by atoms with Gasteiger partial charge >= 0.3 is 5.97 Å². The van der Waals surface area contributed by atoms with Gasteiger partial charge in [-0.05, 0) is 75.5 Å². The minimum absolute atomic E-state index is 0.0381. The fourth-order valence-electron chi connectivity index (χ4n) is 5.69. The number of ether oxygens (including phenoxy) is 2. The van der Waals surface area contributed by atoms with Crippen LogP contribution in [0.1, 0.15) is 79.6 Å². The van der Waals surface area contributed by atoms with E-state index in [1.54, 1.807) is 0 Å². The van der Waals surface area contributed by atoms with E-state index in [2.05, 4.69) is 22.4 Å². The molecule has 0 spiro atoms. The molecule has 2 N–H and O–H groups in total. The number of rotatable bonds is 10. The number of halogens is 1. The lowest BCUT2D eigenvalue weighted by atomic mass is 9.96. The van der Waals surface area contributed by atoms with Crippen molar-refractivity contribution in [1.29, 1.82) is 0 Å². The monoisotopic (exact) mass is 512 g/mol. The maximum Gasteiger partial charge on any atom is 0.325 e. The van der Waals surface area contributed by atoms with Crippen molar-refractivity contribution in [3.8, 4) is 0 Å². The molecule has 2 aromatic rings. The van der Waals surface area contributed by atoms with E-state index < -0.39 is 17.8 Å². The first kappa shape index (κ1) is 26.0. The van der Waals surface area contributed by atoms with Gasteiger partial charge in [0.2, 0.25) is 0 Å². The highest BCUT2D eigenvalue weighted by atomic mass is 19.1. The molecule has 200 valence electrons. The molecule has 0 saturated carbocycles. The molecule has 0 bridgehead atoms. The van der Waals surface area contributed by atoms with E-state index in [0.29, 0.717) is 37.6 Å². The summed E-state index contributed by atoms with van der Waals surface area (Å²) in [6.07, 6.45) is 9.37. The predicted octanol–water partition coefficient (Wildman–Crippen LogP) is 4.45. The summed E-state index contributed by atoms with van der Waals surface area (Å²) in [7, 11) is 0. The Morgan fingerprint density at radius 1 is 1.27 bits per heavy atom. The lowest BCUT2D eigenvalue weighted by Crippen LogP contribution is -2.35. The van der Waals surface area contributed by atoms with Crippen molar-refractivity contribution >= 4 is 11.8 Å². The minimum Gasteiger partial charge on any atom is -0.480 e. The van der Waals surface area contributed by atoms with Crippen molar-refractivity contribution in [2.45, 2.75) is 76.0 Å². The van der Waals surface area contributed by atoms with Gasteiger partial charge < -0.3 is 19.9 Å². The van der Waals surface area contributed by atoms with Crippen LogP contribution in [-0.4, -0.2) is 64.9 Å². The van der Waals surface area contributed by atoms with Crippen LogP contribution in [0.25, 0.3) is 0 Å². The van der Waals surface area contributed by atoms with Crippen LogP contribution in [0.2, 0.25) is 0 Å². The molecule has 3 aliphatic heterocycles. The average molecular weight is 513 g/mol. The van der Waals surface area contributed by atoms with Gasteiger partial charge in [-0.3, -0.25) is 14.7 Å². The summed E-state index contributed by atoms with van der Waals surface area (Å²) in [6, 6.07) is 4.66. The highest BCUT2D eigenvalue weighted by Gasteiger charge is 2.37. The summed E-state index contributed by atoms with van der Waals surface area (Å²) >= 11 is 0. The van der Waals surface area contributed by atoms with Crippen LogP contribution in [0.15, 0.2) is 24.4 Å². The third kappa shape index (κ3) is 6.45. The van der Waals surface area contributed by atoms with Gasteiger partial charge in [-0.2, -0.15) is 0 Å². The zero-order chi connectivity index (χ0) is 25.6. The first-order valence-electron chi connectivity index (χ1n) is 13.7. The first-order valence-corrected chi connectivity index (χ1v) is 13.7. The number of nitrogens with zero attached hydrogens (tertiary/aromatic N) is 3. The summed E-state index contributed by atoms with van der Waals surface area (Å²) < 4.78 is 26.2. The van der Waals surface area contributed by atoms with E-state index >= 15 is 0 Å². The van der Waals surface area contributed by atoms with Gasteiger partial charge in [0.15, 0.2) is 0 Å². The van der Waals surface area contributed by atoms with Crippen LogP contribution < -0.4 is 5.32 Å². The Bertz CT molecular complexity index is 1080. The first-order chi connectivity index (χ1) is 18.1. The normalized spacial score (nSPS) is 22.8. The predicted molar refractivity (Wildman–Crippen MR) is 137 cm³/mol. The Labute approximate surface area is 217 Å². The highest BCUT2D eigenvalue weighted by molar-refractivity contribution is 5.76. The molecule has 0 amide bonds. The number of pyridine rings is 2. The Kier molecular flexibility index (Phi) is 8.63. The average Bonchev–Trinajstić information content (AvgIpc) is 3.37. The zero-order valence-corrected chi connectivity index (χ0v) is 21.3. The van der Waals surface area contributed by atoms with Crippen molar-refractivity contribution in [2.24, 2.45) is 0 Å². The minimum atomic E-state index is -1.00. The Morgan fingerprint density at radius 3 is 3.03 bits per heavy atom. The van der Waals surface area contributed by atoms with E-state index in [0.717, 1.165) is 82.0 Å². The van der Waals surface area contributed by atoms with Gasteiger partial charge in [-0.15, -0.1) is 0 Å². The molecule has 2 saturated heterocycles. The Morgan fingerprint density at radius 2 is 2.19 bits per heavy atom. The maximum absolute atomic E-state index is 14.2. The topological polar surface area (TPSA) is 96.8 Å². The molecule has 5 rings (SSSR count). The molecule has 0 radical (unpaired) electrons. The van der Waals surface area contributed by atoms with Crippen LogP contribution in [0.4, 0.5) is 10.2 Å². The smallest absolute Gasteiger partial charge is 0.325 e. The van der Waals surface area contributed by atoms with Gasteiger partial charge in [0.1, 0.15) is 17.7 Å². The van der Waals surface area contributed by atoms with Crippen LogP contribution in [0, 0.1) is 5.82 Å². The summed E-state index contributed by atoms with van der Waals surface area (Å²) in [6.45, 7) is 3.30. The maximum atomic E-state index is 14.2. The van der Waals surface area contributed by atoms with Crippen molar-refractivity contribution in [3.05, 3.63) is 52.7 Å². The molecule has 5 heterocycles. The Hall–Kier alpha value is -2.62. The van der Waals surface area contributed by atoms with E-state index in [9.17, 15) is 14.3 Å². The summed E-state index contributed by atoms with van der Waals surface area (Å²) in [5.74, 6) is -0.500. The zero-order valence-electron chi connectivity index (χ0n) is 21.3. The number of carbonyl (C=O) groups is 1. The Balaban J connectivity index is 1.13. The van der Waals surface area contributed by atoms with Gasteiger partial charge in [0.05, 0.1) is 24.1 Å². The van der Waals surface area contributed by atoms with Crippen LogP contribution in [0.3, 0.4) is 0 Å². The van der Waals surface area contributed by atoms with Gasteiger partial charge in [-0.1, -0.05) is 6.07 Å². The van der Waals surface area contributed by atoms with Crippen LogP contribution >= 0.6 is 0 Å². The van der Waals surface area contributed by atoms with E-state index in [4.69, 9.17) is 14.5 Å². The molecule has 0 unspecified atom stereocenters. The van der Waals surface area contributed by atoms with E-state index in [1.165, 1.54) is 11.6 Å². The van der Waals surface area contributed by atoms with Crippen molar-refractivity contribution in [3.63, 3.8) is 0 Å². The molecule has 3 atom stereocenters. The number of anilines is 1. The molecular weight excluding hydrogens is 475 g/mol. The third-order valence-corrected chi connectivity index (χ3v) is 7.60. The number of aromatic nitrogens is 2.